The van der Waals surface area contributed by atoms with E-state index in [0.29, 0.717) is 11.4 Å². The van der Waals surface area contributed by atoms with Gasteiger partial charge in [0.1, 0.15) is 0 Å². The molecule has 1 aromatic carbocycles. The second-order valence-electron chi connectivity index (χ2n) is 4.73. The van der Waals surface area contributed by atoms with Crippen molar-refractivity contribution < 1.29 is 4.79 Å². The summed E-state index contributed by atoms with van der Waals surface area (Å²) in [6.45, 7) is 3.62. The van der Waals surface area contributed by atoms with Gasteiger partial charge in [-0.25, -0.2) is 0 Å². The Hall–Kier alpha value is -1.46. The Kier molecular flexibility index (Phi) is 3.72. The van der Waals surface area contributed by atoms with E-state index in [-0.39, 0.29) is 5.91 Å². The van der Waals surface area contributed by atoms with Gasteiger partial charge in [0.15, 0.2) is 5.17 Å². The van der Waals surface area contributed by atoms with Crippen molar-refractivity contribution in [2.75, 3.05) is 18.4 Å². The summed E-state index contributed by atoms with van der Waals surface area (Å²) in [5.41, 5.74) is 2.74. The molecule has 0 saturated carbocycles. The molecule has 0 radical (unpaired) electrons. The summed E-state index contributed by atoms with van der Waals surface area (Å²) in [4.78, 5) is 18.6. The number of carbonyl (C=O) groups excluding carboxylic acids is 1. The highest BCUT2D eigenvalue weighted by molar-refractivity contribution is 8.16. The summed E-state index contributed by atoms with van der Waals surface area (Å²) in [5.74, 6) is -0.0371. The van der Waals surface area contributed by atoms with Gasteiger partial charge in [-0.15, -0.1) is 0 Å². The average molecular weight is 308 g/mol. The summed E-state index contributed by atoms with van der Waals surface area (Å²) < 4.78 is 0. The highest BCUT2D eigenvalue weighted by atomic mass is 35.5. The predicted octanol–water partition coefficient (Wildman–Crippen LogP) is 3.24. The SMILES string of the molecule is Cc1ccc(NC(=O)CC2=CSC3=NCCN23)cc1Cl. The van der Waals surface area contributed by atoms with Gasteiger partial charge in [0.25, 0.3) is 0 Å². The molecule has 1 aromatic rings. The Morgan fingerprint density at radius 3 is 3.20 bits per heavy atom. The highest BCUT2D eigenvalue weighted by Crippen LogP contribution is 2.31. The van der Waals surface area contributed by atoms with Crippen molar-refractivity contribution in [2.45, 2.75) is 13.3 Å². The molecule has 4 nitrogen and oxygen atoms in total. The molecule has 2 aliphatic heterocycles. The largest absolute Gasteiger partial charge is 0.326 e. The number of aliphatic imine (C=N–C) groups is 1. The first-order valence-electron chi connectivity index (χ1n) is 6.37. The van der Waals surface area contributed by atoms with Crippen LogP contribution in [-0.2, 0) is 4.79 Å². The minimum absolute atomic E-state index is 0.0371. The quantitative estimate of drug-likeness (QED) is 0.932. The Labute approximate surface area is 126 Å². The standard InChI is InChI=1S/C14H14ClN3OS/c1-9-2-3-10(6-12(9)15)17-13(19)7-11-8-20-14-16-4-5-18(11)14/h2-3,6,8H,4-5,7H2,1H3,(H,17,19). The zero-order valence-corrected chi connectivity index (χ0v) is 12.6. The molecule has 2 heterocycles. The summed E-state index contributed by atoms with van der Waals surface area (Å²) in [5, 5.41) is 6.54. The fourth-order valence-electron chi connectivity index (χ4n) is 2.16. The van der Waals surface area contributed by atoms with Crippen molar-refractivity contribution in [2.24, 2.45) is 4.99 Å². The van der Waals surface area contributed by atoms with Gasteiger partial charge in [0, 0.05) is 23.0 Å². The summed E-state index contributed by atoms with van der Waals surface area (Å²) in [7, 11) is 0. The van der Waals surface area contributed by atoms with Crippen LogP contribution in [0, 0.1) is 6.92 Å². The fraction of sp³-hybridized carbons (Fsp3) is 0.286. The molecule has 0 aromatic heterocycles. The molecule has 0 fully saturated rings. The number of amides is 1. The van der Waals surface area contributed by atoms with Gasteiger partial charge in [-0.3, -0.25) is 9.79 Å². The Balaban J connectivity index is 1.63. The molecule has 0 atom stereocenters. The van der Waals surface area contributed by atoms with Crippen LogP contribution in [0.2, 0.25) is 5.02 Å². The van der Waals surface area contributed by atoms with Crippen LogP contribution in [-0.4, -0.2) is 29.1 Å². The van der Waals surface area contributed by atoms with E-state index >= 15 is 0 Å². The van der Waals surface area contributed by atoms with Gasteiger partial charge < -0.3 is 10.2 Å². The normalized spacial score (nSPS) is 16.8. The van der Waals surface area contributed by atoms with Crippen molar-refractivity contribution in [1.29, 1.82) is 0 Å². The van der Waals surface area contributed by atoms with E-state index in [1.165, 1.54) is 0 Å². The second-order valence-corrected chi connectivity index (χ2v) is 5.98. The number of nitrogens with zero attached hydrogens (tertiary/aromatic N) is 2. The van der Waals surface area contributed by atoms with E-state index in [1.54, 1.807) is 17.8 Å². The number of hydrogen-bond acceptors (Lipinski definition) is 4. The molecule has 0 spiro atoms. The molecule has 1 N–H and O–H groups in total. The number of hydrogen-bond donors (Lipinski definition) is 1. The zero-order chi connectivity index (χ0) is 14.1. The predicted molar refractivity (Wildman–Crippen MR) is 84.1 cm³/mol. The lowest BCUT2D eigenvalue weighted by molar-refractivity contribution is -0.115. The molecule has 0 bridgehead atoms. The topological polar surface area (TPSA) is 44.7 Å². The Morgan fingerprint density at radius 1 is 1.55 bits per heavy atom. The summed E-state index contributed by atoms with van der Waals surface area (Å²) in [6, 6.07) is 5.53. The minimum Gasteiger partial charge on any atom is -0.326 e. The number of anilines is 1. The minimum atomic E-state index is -0.0371. The monoisotopic (exact) mass is 307 g/mol. The van der Waals surface area contributed by atoms with E-state index in [2.05, 4.69) is 15.2 Å². The molecule has 0 saturated heterocycles. The van der Waals surface area contributed by atoms with Gasteiger partial charge in [-0.2, -0.15) is 0 Å². The number of amidine groups is 1. The van der Waals surface area contributed by atoms with Crippen molar-refractivity contribution in [1.82, 2.24) is 4.90 Å². The average Bonchev–Trinajstić information content (AvgIpc) is 2.99. The summed E-state index contributed by atoms with van der Waals surface area (Å²) in [6.07, 6.45) is 0.359. The molecule has 1 amide bonds. The van der Waals surface area contributed by atoms with E-state index in [1.807, 2.05) is 24.5 Å². The first kappa shape index (κ1) is 13.5. The molecular formula is C14H14ClN3OS. The number of fused-ring (bicyclic) bond motifs is 1. The van der Waals surface area contributed by atoms with E-state index in [4.69, 9.17) is 11.6 Å². The molecule has 20 heavy (non-hydrogen) atoms. The van der Waals surface area contributed by atoms with E-state index < -0.39 is 0 Å². The van der Waals surface area contributed by atoms with Crippen LogP contribution in [0.1, 0.15) is 12.0 Å². The molecule has 0 unspecified atom stereocenters. The van der Waals surface area contributed by atoms with Crippen molar-refractivity contribution in [3.8, 4) is 0 Å². The zero-order valence-electron chi connectivity index (χ0n) is 11.0. The maximum absolute atomic E-state index is 12.1. The third-order valence-corrected chi connectivity index (χ3v) is 4.60. The van der Waals surface area contributed by atoms with Crippen LogP contribution >= 0.6 is 23.4 Å². The van der Waals surface area contributed by atoms with Gasteiger partial charge in [0.05, 0.1) is 13.0 Å². The van der Waals surface area contributed by atoms with E-state index in [9.17, 15) is 4.79 Å². The maximum atomic E-state index is 12.1. The first-order chi connectivity index (χ1) is 9.63. The number of thioether (sulfide) groups is 1. The number of halogens is 1. The van der Waals surface area contributed by atoms with Gasteiger partial charge in [-0.1, -0.05) is 29.4 Å². The van der Waals surface area contributed by atoms with Crippen LogP contribution in [0.4, 0.5) is 5.69 Å². The highest BCUT2D eigenvalue weighted by Gasteiger charge is 2.27. The number of carbonyl (C=O) groups is 1. The number of aryl methyl sites for hydroxylation is 1. The first-order valence-corrected chi connectivity index (χ1v) is 7.63. The van der Waals surface area contributed by atoms with Crippen LogP contribution < -0.4 is 5.32 Å². The third kappa shape index (κ3) is 2.69. The van der Waals surface area contributed by atoms with Crippen LogP contribution in [0.25, 0.3) is 0 Å². The molecule has 104 valence electrons. The number of benzene rings is 1. The van der Waals surface area contributed by atoms with E-state index in [0.717, 1.165) is 35.2 Å². The van der Waals surface area contributed by atoms with Crippen molar-refractivity contribution >= 4 is 40.1 Å². The Morgan fingerprint density at radius 2 is 2.40 bits per heavy atom. The summed E-state index contributed by atoms with van der Waals surface area (Å²) >= 11 is 7.64. The van der Waals surface area contributed by atoms with Crippen LogP contribution in [0.3, 0.4) is 0 Å². The fourth-order valence-corrected chi connectivity index (χ4v) is 3.29. The molecule has 6 heteroatoms. The molecule has 0 aliphatic carbocycles. The molecule has 2 aliphatic rings. The molecular weight excluding hydrogens is 294 g/mol. The second kappa shape index (κ2) is 5.50. The van der Waals surface area contributed by atoms with Crippen LogP contribution in [0.5, 0.6) is 0 Å². The van der Waals surface area contributed by atoms with Gasteiger partial charge in [-0.05, 0) is 30.0 Å². The number of nitrogens with one attached hydrogen (secondary N) is 1. The lowest BCUT2D eigenvalue weighted by Crippen LogP contribution is -2.24. The molecule has 3 rings (SSSR count). The smallest absolute Gasteiger partial charge is 0.230 e. The Bertz CT molecular complexity index is 627. The number of rotatable bonds is 3. The lowest BCUT2D eigenvalue weighted by Gasteiger charge is -2.16. The van der Waals surface area contributed by atoms with Gasteiger partial charge in [0.2, 0.25) is 5.91 Å². The van der Waals surface area contributed by atoms with Crippen molar-refractivity contribution in [3.63, 3.8) is 0 Å². The third-order valence-electron chi connectivity index (χ3n) is 3.25. The van der Waals surface area contributed by atoms with Gasteiger partial charge >= 0.3 is 0 Å². The van der Waals surface area contributed by atoms with Crippen molar-refractivity contribution in [3.05, 3.63) is 39.9 Å². The van der Waals surface area contributed by atoms with Crippen LogP contribution in [0.15, 0.2) is 34.3 Å². The lowest BCUT2D eigenvalue weighted by atomic mass is 10.2. The maximum Gasteiger partial charge on any atom is 0.230 e.